The summed E-state index contributed by atoms with van der Waals surface area (Å²) in [7, 11) is 0. The lowest BCUT2D eigenvalue weighted by Gasteiger charge is -2.20. The number of carboxylic acids is 1. The van der Waals surface area contributed by atoms with Gasteiger partial charge in [-0.25, -0.2) is 4.79 Å². The molecule has 0 rings (SSSR count). The molecule has 0 radical (unpaired) electrons. The van der Waals surface area contributed by atoms with Crippen molar-refractivity contribution >= 4 is 11.9 Å². The fraction of sp³-hybridized carbons (Fsp3) is 0.778. The van der Waals surface area contributed by atoms with Crippen LogP contribution in [-0.4, -0.2) is 29.1 Å². The Morgan fingerprint density at radius 3 is 2.21 bits per heavy atom. The molecular formula is C9H18N2O3. The Morgan fingerprint density at radius 1 is 1.43 bits per heavy atom. The summed E-state index contributed by atoms with van der Waals surface area (Å²) in [6, 6.07) is -1.53. The topological polar surface area (TPSA) is 92.4 Å². The Kier molecular flexibility index (Phi) is 5.15. The van der Waals surface area contributed by atoms with Crippen LogP contribution in [0, 0.1) is 5.92 Å². The van der Waals surface area contributed by atoms with Crippen molar-refractivity contribution in [2.75, 3.05) is 0 Å². The molecule has 0 heterocycles. The summed E-state index contributed by atoms with van der Waals surface area (Å²) >= 11 is 0. The fourth-order valence-electron chi connectivity index (χ4n) is 0.968. The van der Waals surface area contributed by atoms with E-state index >= 15 is 0 Å². The zero-order valence-corrected chi connectivity index (χ0v) is 8.78. The molecule has 3 atom stereocenters. The molecule has 0 saturated carbocycles. The molecule has 0 spiro atoms. The van der Waals surface area contributed by atoms with Gasteiger partial charge < -0.3 is 16.2 Å². The molecule has 0 aliphatic rings. The van der Waals surface area contributed by atoms with E-state index in [0.717, 1.165) is 0 Å². The summed E-state index contributed by atoms with van der Waals surface area (Å²) in [5.74, 6) is -1.55. The SMILES string of the molecule is CC[C@@H](C)[C@@H](NC(=O)[C@H](C)N)C(=O)O. The molecule has 0 aromatic heterocycles. The Hall–Kier alpha value is -1.10. The van der Waals surface area contributed by atoms with E-state index in [1.165, 1.54) is 6.92 Å². The average molecular weight is 202 g/mol. The highest BCUT2D eigenvalue weighted by molar-refractivity contribution is 5.86. The third-order valence-electron chi connectivity index (χ3n) is 2.19. The molecule has 14 heavy (non-hydrogen) atoms. The van der Waals surface area contributed by atoms with Gasteiger partial charge in [0.15, 0.2) is 0 Å². The monoisotopic (exact) mass is 202 g/mol. The van der Waals surface area contributed by atoms with Gasteiger partial charge >= 0.3 is 5.97 Å². The third kappa shape index (κ3) is 3.74. The molecule has 0 aromatic carbocycles. The second kappa shape index (κ2) is 5.59. The largest absolute Gasteiger partial charge is 0.480 e. The van der Waals surface area contributed by atoms with E-state index in [1.54, 1.807) is 6.92 Å². The summed E-state index contributed by atoms with van der Waals surface area (Å²) in [6.45, 7) is 5.17. The molecule has 82 valence electrons. The molecule has 0 aliphatic carbocycles. The van der Waals surface area contributed by atoms with Crippen LogP contribution in [0.25, 0.3) is 0 Å². The predicted molar refractivity (Wildman–Crippen MR) is 52.7 cm³/mol. The molecule has 0 fully saturated rings. The van der Waals surface area contributed by atoms with Gasteiger partial charge in [-0.05, 0) is 12.8 Å². The molecule has 5 nitrogen and oxygen atoms in total. The van der Waals surface area contributed by atoms with E-state index in [-0.39, 0.29) is 5.92 Å². The minimum atomic E-state index is -1.02. The molecule has 0 saturated heterocycles. The van der Waals surface area contributed by atoms with Crippen molar-refractivity contribution < 1.29 is 14.7 Å². The van der Waals surface area contributed by atoms with Gasteiger partial charge in [-0.1, -0.05) is 20.3 Å². The fourth-order valence-corrected chi connectivity index (χ4v) is 0.968. The average Bonchev–Trinajstić information content (AvgIpc) is 2.11. The molecule has 5 heteroatoms. The summed E-state index contributed by atoms with van der Waals surface area (Å²) in [4.78, 5) is 22.0. The highest BCUT2D eigenvalue weighted by Crippen LogP contribution is 2.07. The van der Waals surface area contributed by atoms with Crippen molar-refractivity contribution in [2.45, 2.75) is 39.3 Å². The van der Waals surface area contributed by atoms with Crippen molar-refractivity contribution in [1.82, 2.24) is 5.32 Å². The van der Waals surface area contributed by atoms with E-state index in [1.807, 2.05) is 6.92 Å². The van der Waals surface area contributed by atoms with Gasteiger partial charge in [-0.15, -0.1) is 0 Å². The Balaban J connectivity index is 4.38. The van der Waals surface area contributed by atoms with E-state index in [0.29, 0.717) is 6.42 Å². The quantitative estimate of drug-likeness (QED) is 0.582. The first-order valence-electron chi connectivity index (χ1n) is 4.68. The maximum absolute atomic E-state index is 11.2. The number of rotatable bonds is 5. The van der Waals surface area contributed by atoms with Crippen LogP contribution in [0.2, 0.25) is 0 Å². The van der Waals surface area contributed by atoms with Crippen molar-refractivity contribution in [3.8, 4) is 0 Å². The smallest absolute Gasteiger partial charge is 0.326 e. The van der Waals surface area contributed by atoms with Crippen molar-refractivity contribution in [3.63, 3.8) is 0 Å². The summed E-state index contributed by atoms with van der Waals surface area (Å²) in [5.41, 5.74) is 5.32. The molecule has 0 unspecified atom stereocenters. The highest BCUT2D eigenvalue weighted by atomic mass is 16.4. The molecule has 0 bridgehead atoms. The van der Waals surface area contributed by atoms with Crippen LogP contribution in [-0.2, 0) is 9.59 Å². The first-order valence-corrected chi connectivity index (χ1v) is 4.68. The normalized spacial score (nSPS) is 16.9. The van der Waals surface area contributed by atoms with Crippen LogP contribution in [0.4, 0.5) is 0 Å². The Morgan fingerprint density at radius 2 is 1.93 bits per heavy atom. The molecule has 0 aliphatic heterocycles. The van der Waals surface area contributed by atoms with Crippen LogP contribution in [0.3, 0.4) is 0 Å². The van der Waals surface area contributed by atoms with Crippen LogP contribution in [0.1, 0.15) is 27.2 Å². The maximum Gasteiger partial charge on any atom is 0.326 e. The van der Waals surface area contributed by atoms with E-state index in [9.17, 15) is 9.59 Å². The van der Waals surface area contributed by atoms with Gasteiger partial charge in [0.25, 0.3) is 0 Å². The number of hydrogen-bond donors (Lipinski definition) is 3. The zero-order valence-electron chi connectivity index (χ0n) is 8.78. The van der Waals surface area contributed by atoms with Gasteiger partial charge in [0.1, 0.15) is 6.04 Å². The number of hydrogen-bond acceptors (Lipinski definition) is 3. The second-order valence-corrected chi connectivity index (χ2v) is 3.50. The lowest BCUT2D eigenvalue weighted by atomic mass is 9.99. The van der Waals surface area contributed by atoms with Gasteiger partial charge in [0.05, 0.1) is 6.04 Å². The second-order valence-electron chi connectivity index (χ2n) is 3.50. The number of nitrogens with one attached hydrogen (secondary N) is 1. The molecule has 0 aromatic rings. The van der Waals surface area contributed by atoms with Crippen molar-refractivity contribution in [1.29, 1.82) is 0 Å². The number of aliphatic carboxylic acids is 1. The minimum absolute atomic E-state index is 0.102. The summed E-state index contributed by atoms with van der Waals surface area (Å²) in [5, 5.41) is 11.3. The number of carbonyl (C=O) groups excluding carboxylic acids is 1. The predicted octanol–water partition coefficient (Wildman–Crippen LogP) is -0.0509. The molecule has 1 amide bonds. The van der Waals surface area contributed by atoms with Crippen LogP contribution in [0.15, 0.2) is 0 Å². The molecular weight excluding hydrogens is 184 g/mol. The van der Waals surface area contributed by atoms with Gasteiger partial charge in [-0.2, -0.15) is 0 Å². The molecule has 4 N–H and O–H groups in total. The number of amides is 1. The first kappa shape index (κ1) is 12.9. The van der Waals surface area contributed by atoms with Crippen LogP contribution < -0.4 is 11.1 Å². The van der Waals surface area contributed by atoms with Crippen LogP contribution in [0.5, 0.6) is 0 Å². The Bertz CT molecular complexity index is 216. The maximum atomic E-state index is 11.2. The van der Waals surface area contributed by atoms with Gasteiger partial charge in [0.2, 0.25) is 5.91 Å². The lowest BCUT2D eigenvalue weighted by molar-refractivity contribution is -0.143. The van der Waals surface area contributed by atoms with E-state index < -0.39 is 24.0 Å². The van der Waals surface area contributed by atoms with E-state index in [2.05, 4.69) is 5.32 Å². The van der Waals surface area contributed by atoms with Gasteiger partial charge in [-0.3, -0.25) is 4.79 Å². The third-order valence-corrected chi connectivity index (χ3v) is 2.19. The van der Waals surface area contributed by atoms with Gasteiger partial charge in [0, 0.05) is 0 Å². The van der Waals surface area contributed by atoms with E-state index in [4.69, 9.17) is 10.8 Å². The lowest BCUT2D eigenvalue weighted by Crippen LogP contribution is -2.50. The Labute approximate surface area is 83.7 Å². The summed E-state index contributed by atoms with van der Waals surface area (Å²) < 4.78 is 0. The highest BCUT2D eigenvalue weighted by Gasteiger charge is 2.25. The van der Waals surface area contributed by atoms with Crippen LogP contribution >= 0.6 is 0 Å². The number of carbonyl (C=O) groups is 2. The first-order chi connectivity index (χ1) is 6.40. The van der Waals surface area contributed by atoms with Crippen molar-refractivity contribution in [3.05, 3.63) is 0 Å². The zero-order chi connectivity index (χ0) is 11.3. The summed E-state index contributed by atoms with van der Waals surface area (Å²) in [6.07, 6.45) is 0.691. The standard InChI is InChI=1S/C9H18N2O3/c1-4-5(2)7(9(13)14)11-8(12)6(3)10/h5-7H,4,10H2,1-3H3,(H,11,12)(H,13,14)/t5-,6+,7-/m1/s1. The number of nitrogens with two attached hydrogens (primary N) is 1. The number of carboxylic acid groups (broad SMARTS) is 1. The van der Waals surface area contributed by atoms with Crippen molar-refractivity contribution in [2.24, 2.45) is 11.7 Å². The minimum Gasteiger partial charge on any atom is -0.480 e.